The summed E-state index contributed by atoms with van der Waals surface area (Å²) in [6.07, 6.45) is 1.80. The molecule has 1 heterocycles. The van der Waals surface area contributed by atoms with Gasteiger partial charge in [-0.1, -0.05) is 13.3 Å². The molecule has 1 aliphatic rings. The highest BCUT2D eigenvalue weighted by atomic mass is 32.2. The van der Waals surface area contributed by atoms with Gasteiger partial charge in [0.15, 0.2) is 0 Å². The van der Waals surface area contributed by atoms with Gasteiger partial charge >= 0.3 is 0 Å². The maximum Gasteiger partial charge on any atom is 0.281 e. The first kappa shape index (κ1) is 16.4. The highest BCUT2D eigenvalue weighted by molar-refractivity contribution is 7.86. The third-order valence-corrected chi connectivity index (χ3v) is 5.36. The van der Waals surface area contributed by atoms with Crippen molar-refractivity contribution < 1.29 is 8.42 Å². The van der Waals surface area contributed by atoms with Crippen LogP contribution in [-0.4, -0.2) is 74.1 Å². The molecule has 0 radical (unpaired) electrons. The summed E-state index contributed by atoms with van der Waals surface area (Å²) in [6.45, 7) is 4.21. The molecular formula is C11H25N5O2S. The van der Waals surface area contributed by atoms with Crippen LogP contribution in [0.4, 0.5) is 0 Å². The van der Waals surface area contributed by atoms with E-state index < -0.39 is 10.2 Å². The molecule has 0 aromatic rings. The van der Waals surface area contributed by atoms with Gasteiger partial charge in [-0.15, -0.1) is 0 Å². The summed E-state index contributed by atoms with van der Waals surface area (Å²) in [5.41, 5.74) is 5.62. The first-order valence-electron chi connectivity index (χ1n) is 6.56. The van der Waals surface area contributed by atoms with Gasteiger partial charge in [-0.3, -0.25) is 10.3 Å². The van der Waals surface area contributed by atoms with Crippen LogP contribution in [-0.2, 0) is 10.2 Å². The molecule has 0 aromatic carbocycles. The van der Waals surface area contributed by atoms with Crippen molar-refractivity contribution in [2.45, 2.75) is 25.8 Å². The molecule has 1 saturated heterocycles. The smallest absolute Gasteiger partial charge is 0.281 e. The van der Waals surface area contributed by atoms with Gasteiger partial charge in [-0.2, -0.15) is 17.0 Å². The van der Waals surface area contributed by atoms with Gasteiger partial charge in [0.1, 0.15) is 5.84 Å². The molecular weight excluding hydrogens is 266 g/mol. The van der Waals surface area contributed by atoms with Crippen molar-refractivity contribution in [2.24, 2.45) is 5.73 Å². The fourth-order valence-corrected chi connectivity index (χ4v) is 3.37. The Morgan fingerprint density at radius 2 is 1.84 bits per heavy atom. The van der Waals surface area contributed by atoms with E-state index >= 15 is 0 Å². The third-order valence-electron chi connectivity index (χ3n) is 3.42. The Morgan fingerprint density at radius 3 is 2.21 bits per heavy atom. The second kappa shape index (κ2) is 6.65. The fourth-order valence-electron chi connectivity index (χ4n) is 2.29. The summed E-state index contributed by atoms with van der Waals surface area (Å²) in [6, 6.07) is -0.0609. The molecule has 0 aromatic heterocycles. The molecule has 0 spiro atoms. The molecule has 0 amide bonds. The highest BCUT2D eigenvalue weighted by Gasteiger charge is 2.31. The van der Waals surface area contributed by atoms with Crippen LogP contribution in [0.5, 0.6) is 0 Å². The van der Waals surface area contributed by atoms with E-state index in [1.807, 2.05) is 0 Å². The Hall–Kier alpha value is -0.700. The van der Waals surface area contributed by atoms with Gasteiger partial charge in [0.25, 0.3) is 10.2 Å². The maximum absolute atomic E-state index is 12.0. The SMILES string of the molecule is CCCC(C(=N)N)N1CCN(S(=O)(=O)N(C)C)CC1. The van der Waals surface area contributed by atoms with Crippen molar-refractivity contribution in [3.8, 4) is 0 Å². The zero-order valence-corrected chi connectivity index (χ0v) is 12.8. The standard InChI is InChI=1S/C11H25N5O2S/c1-4-5-10(11(12)13)15-6-8-16(9-7-15)19(17,18)14(2)3/h10H,4-9H2,1-3H3,(H3,12,13). The summed E-state index contributed by atoms with van der Waals surface area (Å²) in [5, 5.41) is 7.63. The van der Waals surface area contributed by atoms with E-state index in [1.54, 1.807) is 0 Å². The molecule has 112 valence electrons. The van der Waals surface area contributed by atoms with E-state index in [0.29, 0.717) is 26.2 Å². The van der Waals surface area contributed by atoms with Crippen molar-refractivity contribution in [2.75, 3.05) is 40.3 Å². The molecule has 8 heteroatoms. The predicted octanol–water partition coefficient (Wildman–Crippen LogP) is -0.485. The average Bonchev–Trinajstić information content (AvgIpc) is 2.35. The summed E-state index contributed by atoms with van der Waals surface area (Å²) in [7, 11) is -0.249. The second-order valence-corrected chi connectivity index (χ2v) is 7.13. The molecule has 1 fully saturated rings. The lowest BCUT2D eigenvalue weighted by Gasteiger charge is -2.38. The van der Waals surface area contributed by atoms with E-state index in [9.17, 15) is 8.42 Å². The van der Waals surface area contributed by atoms with Crippen LogP contribution in [0.15, 0.2) is 0 Å². The molecule has 1 atom stereocenters. The number of nitrogens with two attached hydrogens (primary N) is 1. The third kappa shape index (κ3) is 3.88. The molecule has 19 heavy (non-hydrogen) atoms. The summed E-state index contributed by atoms with van der Waals surface area (Å²) < 4.78 is 26.7. The first-order chi connectivity index (χ1) is 8.80. The van der Waals surface area contributed by atoms with Crippen LogP contribution in [0, 0.1) is 5.41 Å². The normalized spacial score (nSPS) is 20.6. The van der Waals surface area contributed by atoms with Crippen LogP contribution in [0.25, 0.3) is 0 Å². The Balaban J connectivity index is 2.64. The number of hydrogen-bond donors (Lipinski definition) is 2. The van der Waals surface area contributed by atoms with E-state index in [1.165, 1.54) is 22.7 Å². The number of piperazine rings is 1. The van der Waals surface area contributed by atoms with Gasteiger partial charge in [0, 0.05) is 40.3 Å². The van der Waals surface area contributed by atoms with E-state index in [-0.39, 0.29) is 11.9 Å². The zero-order chi connectivity index (χ0) is 14.6. The van der Waals surface area contributed by atoms with Crippen LogP contribution in [0.2, 0.25) is 0 Å². The van der Waals surface area contributed by atoms with Gasteiger partial charge < -0.3 is 5.73 Å². The van der Waals surface area contributed by atoms with Crippen molar-refractivity contribution in [1.82, 2.24) is 13.5 Å². The number of nitrogens with one attached hydrogen (secondary N) is 1. The molecule has 1 unspecified atom stereocenters. The molecule has 1 rings (SSSR count). The highest BCUT2D eigenvalue weighted by Crippen LogP contribution is 2.14. The Labute approximate surface area is 116 Å². The zero-order valence-electron chi connectivity index (χ0n) is 12.0. The van der Waals surface area contributed by atoms with Crippen LogP contribution < -0.4 is 5.73 Å². The largest absolute Gasteiger partial charge is 0.386 e. The van der Waals surface area contributed by atoms with Crippen molar-refractivity contribution in [3.05, 3.63) is 0 Å². The summed E-state index contributed by atoms with van der Waals surface area (Å²) in [4.78, 5) is 2.10. The minimum atomic E-state index is -3.33. The molecule has 7 nitrogen and oxygen atoms in total. The monoisotopic (exact) mass is 291 g/mol. The average molecular weight is 291 g/mol. The van der Waals surface area contributed by atoms with Crippen molar-refractivity contribution >= 4 is 16.0 Å². The minimum Gasteiger partial charge on any atom is -0.386 e. The quantitative estimate of drug-likeness (QED) is 0.510. The van der Waals surface area contributed by atoms with Gasteiger partial charge in [0.05, 0.1) is 6.04 Å². The van der Waals surface area contributed by atoms with Gasteiger partial charge in [0.2, 0.25) is 0 Å². The van der Waals surface area contributed by atoms with Crippen LogP contribution in [0.3, 0.4) is 0 Å². The maximum atomic E-state index is 12.0. The predicted molar refractivity (Wildman–Crippen MR) is 76.4 cm³/mol. The van der Waals surface area contributed by atoms with E-state index in [4.69, 9.17) is 11.1 Å². The molecule has 1 aliphatic heterocycles. The lowest BCUT2D eigenvalue weighted by molar-refractivity contribution is 0.157. The molecule has 0 aliphatic carbocycles. The van der Waals surface area contributed by atoms with Gasteiger partial charge in [-0.25, -0.2) is 0 Å². The van der Waals surface area contributed by atoms with E-state index in [0.717, 1.165) is 12.8 Å². The number of rotatable bonds is 6. The van der Waals surface area contributed by atoms with Crippen LogP contribution in [0.1, 0.15) is 19.8 Å². The Morgan fingerprint density at radius 1 is 1.32 bits per heavy atom. The Bertz CT molecular complexity index is 401. The second-order valence-electron chi connectivity index (χ2n) is 4.98. The lowest BCUT2D eigenvalue weighted by Crippen LogP contribution is -2.56. The topological polar surface area (TPSA) is 93.7 Å². The Kier molecular flexibility index (Phi) is 5.72. The first-order valence-corrected chi connectivity index (χ1v) is 7.96. The van der Waals surface area contributed by atoms with Crippen LogP contribution >= 0.6 is 0 Å². The van der Waals surface area contributed by atoms with E-state index in [2.05, 4.69) is 11.8 Å². The molecule has 0 bridgehead atoms. The van der Waals surface area contributed by atoms with Gasteiger partial charge in [-0.05, 0) is 6.42 Å². The summed E-state index contributed by atoms with van der Waals surface area (Å²) in [5.74, 6) is 0.172. The number of nitrogens with zero attached hydrogens (tertiary/aromatic N) is 3. The fraction of sp³-hybridized carbons (Fsp3) is 0.909. The van der Waals surface area contributed by atoms with Crippen molar-refractivity contribution in [3.63, 3.8) is 0 Å². The molecule has 0 saturated carbocycles. The molecule has 3 N–H and O–H groups in total. The number of hydrogen-bond acceptors (Lipinski definition) is 4. The number of amidine groups is 1. The minimum absolute atomic E-state index is 0.0609. The lowest BCUT2D eigenvalue weighted by atomic mass is 10.1. The summed E-state index contributed by atoms with van der Waals surface area (Å²) >= 11 is 0. The van der Waals surface area contributed by atoms with Crippen molar-refractivity contribution in [1.29, 1.82) is 5.41 Å².